The van der Waals surface area contributed by atoms with Crippen molar-refractivity contribution >= 4 is 33.2 Å². The minimum Gasteiger partial charge on any atom is -0.487 e. The van der Waals surface area contributed by atoms with E-state index in [1.807, 2.05) is 32.2 Å². The quantitative estimate of drug-likeness (QED) is 0.351. The number of halogens is 1. The number of methoxy groups -OCH3 is 1. The number of nitrogens with one attached hydrogen (secondary N) is 1. The first kappa shape index (κ1) is 39.6. The third kappa shape index (κ3) is 8.66. The number of carbonyl (C=O) groups is 1. The molecule has 4 heterocycles. The summed E-state index contributed by atoms with van der Waals surface area (Å²) < 4.78 is 43.4. The second-order valence-corrected chi connectivity index (χ2v) is 18.8. The monoisotopic (exact) mass is 782 g/mol. The van der Waals surface area contributed by atoms with E-state index < -0.39 is 26.8 Å². The molecule has 1 saturated carbocycles. The number of benzene rings is 2. The highest BCUT2D eigenvalue weighted by Crippen LogP contribution is 2.47. The Bertz CT molecular complexity index is 1770. The van der Waals surface area contributed by atoms with Crippen LogP contribution in [0.1, 0.15) is 86.2 Å². The lowest BCUT2D eigenvalue weighted by molar-refractivity contribution is -0.1000. The number of aliphatic hydroxyl groups is 1. The minimum absolute atomic E-state index is 0.0297. The van der Waals surface area contributed by atoms with Crippen molar-refractivity contribution in [3.8, 4) is 5.75 Å². The largest absolute Gasteiger partial charge is 0.487 e. The van der Waals surface area contributed by atoms with Crippen LogP contribution in [-0.2, 0) is 27.8 Å². The summed E-state index contributed by atoms with van der Waals surface area (Å²) in [6.45, 7) is 8.58. The van der Waals surface area contributed by atoms with Crippen molar-refractivity contribution in [3.63, 3.8) is 0 Å². The zero-order valence-electron chi connectivity index (χ0n) is 32.1. The van der Waals surface area contributed by atoms with Crippen LogP contribution in [0.25, 0.3) is 0 Å². The second-order valence-electron chi connectivity index (χ2n) is 16.5. The number of anilines is 1. The molecule has 3 fully saturated rings. The predicted molar refractivity (Wildman–Crippen MR) is 214 cm³/mol. The third-order valence-electron chi connectivity index (χ3n) is 13.1. The summed E-state index contributed by atoms with van der Waals surface area (Å²) in [5.41, 5.74) is 2.76. The van der Waals surface area contributed by atoms with Crippen molar-refractivity contribution in [1.82, 2.24) is 14.5 Å². The summed E-state index contributed by atoms with van der Waals surface area (Å²) in [5, 5.41) is 9.73. The number of carbonyl (C=O) groups excluding carboxylic acids is 1. The number of ether oxygens (including phenoxy) is 2. The Morgan fingerprint density at radius 2 is 1.85 bits per heavy atom. The average Bonchev–Trinajstić information content (AvgIpc) is 3.17. The van der Waals surface area contributed by atoms with Gasteiger partial charge in [-0.15, -0.1) is 0 Å². The summed E-state index contributed by atoms with van der Waals surface area (Å²) in [5.74, 6) is 0.221. The van der Waals surface area contributed by atoms with Crippen molar-refractivity contribution in [2.24, 2.45) is 17.8 Å². The summed E-state index contributed by atoms with van der Waals surface area (Å²) >= 11 is 6.42. The molecule has 7 rings (SSSR count). The molecule has 6 atom stereocenters. The number of aryl methyl sites for hydroxylation is 1. The molecule has 12 heteroatoms. The zero-order valence-corrected chi connectivity index (χ0v) is 33.6. The molecule has 2 N–H and O–H groups in total. The molecule has 2 aromatic carbocycles. The molecule has 296 valence electrons. The number of piperazine rings is 1. The average molecular weight is 783 g/mol. The molecule has 10 nitrogen and oxygen atoms in total. The molecule has 0 spiro atoms. The SMILES string of the molecule is CO[C@]1(CN2CCN3CCCC[C@@H]3C2)/C=C/C[C@H](C)C(CCO)S(=O)(=O)NC(=O)c2ccc3c(c2)N(CCCCc2cc(Cl)ccc2CO3)C[C@@H]2CC[C@H]21. The Labute approximate surface area is 327 Å². The molecule has 1 unspecified atom stereocenters. The van der Waals surface area contributed by atoms with E-state index in [-0.39, 0.29) is 30.4 Å². The lowest BCUT2D eigenvalue weighted by Gasteiger charge is -2.53. The van der Waals surface area contributed by atoms with E-state index in [4.69, 9.17) is 21.1 Å². The molecular formula is C42H59ClN4O6S. The van der Waals surface area contributed by atoms with Gasteiger partial charge in [-0.2, -0.15) is 0 Å². The van der Waals surface area contributed by atoms with Gasteiger partial charge < -0.3 is 19.5 Å². The van der Waals surface area contributed by atoms with Crippen LogP contribution in [0, 0.1) is 17.8 Å². The number of amides is 1. The number of rotatable bonds is 5. The highest BCUT2D eigenvalue weighted by molar-refractivity contribution is 7.90. The maximum absolute atomic E-state index is 13.9. The highest BCUT2D eigenvalue weighted by atomic mass is 35.5. The van der Waals surface area contributed by atoms with Gasteiger partial charge in [0.25, 0.3) is 5.91 Å². The van der Waals surface area contributed by atoms with Gasteiger partial charge in [0.1, 0.15) is 18.0 Å². The standard InChI is InChI=1S/C42H59ClN4O6S/c1-30-8-7-18-42(52-2,29-45-21-22-46-19-6-4-10-36(46)27-45)37-15-12-33(37)26-47-20-5-3-9-31-24-35(43)14-11-34(31)28-53-39-16-13-32(25-38(39)47)41(49)44-54(50,51)40(30)17-23-48/h7,11,13-14,16,18,24-25,30,33,36-37,40,48H,3-6,8-10,12,15,17,19-23,26-29H2,1-2H3,(H,44,49)/b18-7+/t30-,33-,36+,37+,40?,42-/m0/s1. The van der Waals surface area contributed by atoms with Crippen LogP contribution in [0.4, 0.5) is 5.69 Å². The number of piperidine rings is 1. The molecule has 2 aromatic rings. The van der Waals surface area contributed by atoms with Gasteiger partial charge in [0.05, 0.1) is 10.9 Å². The Kier molecular flexibility index (Phi) is 12.6. The number of allylic oxidation sites excluding steroid dienone is 1. The van der Waals surface area contributed by atoms with E-state index in [9.17, 15) is 18.3 Å². The molecule has 5 aliphatic rings. The van der Waals surface area contributed by atoms with E-state index in [0.717, 1.165) is 82.6 Å². The Morgan fingerprint density at radius 3 is 2.65 bits per heavy atom. The van der Waals surface area contributed by atoms with Crippen LogP contribution in [-0.4, -0.2) is 106 Å². The van der Waals surface area contributed by atoms with Crippen molar-refractivity contribution in [1.29, 1.82) is 0 Å². The Morgan fingerprint density at radius 1 is 1.00 bits per heavy atom. The van der Waals surface area contributed by atoms with Crippen molar-refractivity contribution in [3.05, 3.63) is 70.3 Å². The molecule has 2 bridgehead atoms. The van der Waals surface area contributed by atoms with Crippen LogP contribution >= 0.6 is 11.6 Å². The number of hydrogen-bond acceptors (Lipinski definition) is 9. The van der Waals surface area contributed by atoms with Gasteiger partial charge >= 0.3 is 0 Å². The summed E-state index contributed by atoms with van der Waals surface area (Å²) in [4.78, 5) is 21.4. The second kappa shape index (κ2) is 17.2. The first-order chi connectivity index (χ1) is 26.1. The third-order valence-corrected chi connectivity index (χ3v) is 15.3. The first-order valence-electron chi connectivity index (χ1n) is 20.2. The summed E-state index contributed by atoms with van der Waals surface area (Å²) in [7, 11) is -2.28. The topological polar surface area (TPSA) is 112 Å². The number of hydrogen-bond donors (Lipinski definition) is 2. The molecule has 54 heavy (non-hydrogen) atoms. The first-order valence-corrected chi connectivity index (χ1v) is 22.2. The van der Waals surface area contributed by atoms with Gasteiger partial charge in [0, 0.05) is 69.6 Å². The molecule has 0 radical (unpaired) electrons. The molecule has 4 aliphatic heterocycles. The maximum Gasteiger partial charge on any atom is 0.264 e. The zero-order chi connectivity index (χ0) is 37.9. The molecular weight excluding hydrogens is 724 g/mol. The van der Waals surface area contributed by atoms with Gasteiger partial charge in [-0.1, -0.05) is 43.2 Å². The van der Waals surface area contributed by atoms with E-state index in [2.05, 4.69) is 31.6 Å². The van der Waals surface area contributed by atoms with E-state index in [1.54, 1.807) is 18.2 Å². The van der Waals surface area contributed by atoms with Crippen LogP contribution in [0.15, 0.2) is 48.6 Å². The lowest BCUT2D eigenvalue weighted by atomic mass is 9.63. The Balaban J connectivity index is 1.26. The number of aliphatic hydroxyl groups excluding tert-OH is 1. The smallest absolute Gasteiger partial charge is 0.264 e. The molecule has 2 saturated heterocycles. The van der Waals surface area contributed by atoms with E-state index in [0.29, 0.717) is 35.8 Å². The van der Waals surface area contributed by atoms with Gasteiger partial charge in [-0.3, -0.25) is 14.6 Å². The minimum atomic E-state index is -4.13. The number of nitrogens with zero attached hydrogens (tertiary/aromatic N) is 3. The number of fused-ring (bicyclic) bond motifs is 4. The fourth-order valence-electron chi connectivity index (χ4n) is 9.85. The highest BCUT2D eigenvalue weighted by Gasteiger charge is 2.49. The summed E-state index contributed by atoms with van der Waals surface area (Å²) in [6, 6.07) is 11.8. The van der Waals surface area contributed by atoms with Crippen LogP contribution in [0.5, 0.6) is 5.75 Å². The van der Waals surface area contributed by atoms with E-state index in [1.165, 1.54) is 31.4 Å². The van der Waals surface area contributed by atoms with Crippen molar-refractivity contribution < 1.29 is 27.8 Å². The van der Waals surface area contributed by atoms with Gasteiger partial charge in [-0.25, -0.2) is 13.1 Å². The van der Waals surface area contributed by atoms with E-state index >= 15 is 0 Å². The normalized spacial score (nSPS) is 31.7. The van der Waals surface area contributed by atoms with Crippen molar-refractivity contribution in [2.45, 2.75) is 94.6 Å². The van der Waals surface area contributed by atoms with Crippen LogP contribution in [0.3, 0.4) is 0 Å². The summed E-state index contributed by atoms with van der Waals surface area (Å²) in [6.07, 6.45) is 13.6. The maximum atomic E-state index is 13.9. The Hall–Kier alpha value is -2.67. The fraction of sp³-hybridized carbons (Fsp3) is 0.643. The van der Waals surface area contributed by atoms with Gasteiger partial charge in [0.15, 0.2) is 0 Å². The molecule has 1 amide bonds. The van der Waals surface area contributed by atoms with Crippen LogP contribution in [0.2, 0.25) is 5.02 Å². The van der Waals surface area contributed by atoms with Crippen molar-refractivity contribution in [2.75, 3.05) is 64.4 Å². The lowest BCUT2D eigenvalue weighted by Crippen LogP contribution is -2.61. The predicted octanol–water partition coefficient (Wildman–Crippen LogP) is 6.05. The molecule has 1 aliphatic carbocycles. The fourth-order valence-corrected chi connectivity index (χ4v) is 11.7. The van der Waals surface area contributed by atoms with Gasteiger partial charge in [-0.05, 0) is 124 Å². The number of sulfonamides is 1. The molecule has 0 aromatic heterocycles. The van der Waals surface area contributed by atoms with Gasteiger partial charge in [0.2, 0.25) is 10.0 Å². The van der Waals surface area contributed by atoms with Crippen LogP contribution < -0.4 is 14.4 Å².